The highest BCUT2D eigenvalue weighted by Crippen LogP contribution is 2.25. The van der Waals surface area contributed by atoms with Crippen LogP contribution in [-0.4, -0.2) is 30.0 Å². The number of benzene rings is 3. The molecule has 0 heterocycles. The third-order valence-electron chi connectivity index (χ3n) is 2.27. The fourth-order valence-electron chi connectivity index (χ4n) is 1.28. The molecular weight excluding hydrogens is 359 g/mol. The normalized spacial score (nSPS) is 9.19. The smallest absolute Gasteiger partial charge is 0.466 e. The summed E-state index contributed by atoms with van der Waals surface area (Å²) in [6.45, 7) is 0. The molecule has 0 radical (unpaired) electrons. The zero-order valence-corrected chi connectivity index (χ0v) is 14.6. The molecule has 3 aromatic carbocycles. The Morgan fingerprint density at radius 2 is 0.615 bits per heavy atom. The Hall–Kier alpha value is -2.83. The molecule has 3 aromatic rings. The quantitative estimate of drug-likeness (QED) is 0.329. The number of phenols is 3. The lowest BCUT2D eigenvalue weighted by molar-refractivity contribution is 0.275. The number of phenolic OH excluding ortho intramolecular Hbond substituents is 3. The summed E-state index contributed by atoms with van der Waals surface area (Å²) in [4.78, 5) is 21.6. The molecule has 7 nitrogen and oxygen atoms in total. The Balaban J connectivity index is 0.000000324. The van der Waals surface area contributed by atoms with E-state index in [0.29, 0.717) is 17.2 Å². The lowest BCUT2D eigenvalue weighted by Gasteiger charge is -1.82. The molecule has 0 bridgehead atoms. The van der Waals surface area contributed by atoms with E-state index in [-0.39, 0.29) is 0 Å². The molecule has 0 atom stereocenters. The van der Waals surface area contributed by atoms with Crippen LogP contribution in [0.5, 0.6) is 17.2 Å². The van der Waals surface area contributed by atoms with Crippen LogP contribution in [0.25, 0.3) is 0 Å². The minimum atomic E-state index is -4.64. The van der Waals surface area contributed by atoms with E-state index in [1.165, 1.54) is 0 Å². The zero-order chi connectivity index (χ0) is 19.8. The van der Waals surface area contributed by atoms with Gasteiger partial charge in [0.05, 0.1) is 0 Å². The molecule has 0 fully saturated rings. The van der Waals surface area contributed by atoms with E-state index >= 15 is 0 Å². The topological polar surface area (TPSA) is 138 Å². The first-order chi connectivity index (χ1) is 12.2. The van der Waals surface area contributed by atoms with Gasteiger partial charge in [-0.2, -0.15) is 0 Å². The molecule has 26 heavy (non-hydrogen) atoms. The second-order valence-electron chi connectivity index (χ2n) is 4.52. The highest BCUT2D eigenvalue weighted by Gasteiger charge is 2.00. The number of hydrogen-bond donors (Lipinski definition) is 6. The van der Waals surface area contributed by atoms with Crippen molar-refractivity contribution in [2.24, 2.45) is 0 Å². The minimum Gasteiger partial charge on any atom is -0.508 e. The van der Waals surface area contributed by atoms with E-state index in [1.54, 1.807) is 72.8 Å². The first-order valence-electron chi connectivity index (χ1n) is 7.19. The predicted octanol–water partition coefficient (Wildman–Crippen LogP) is 3.25. The van der Waals surface area contributed by atoms with E-state index in [1.807, 2.05) is 18.2 Å². The first-order valence-corrected chi connectivity index (χ1v) is 8.75. The van der Waals surface area contributed by atoms with E-state index in [9.17, 15) is 0 Å². The van der Waals surface area contributed by atoms with Gasteiger partial charge in [0.15, 0.2) is 0 Å². The van der Waals surface area contributed by atoms with Crippen molar-refractivity contribution < 1.29 is 34.6 Å². The second kappa shape index (κ2) is 13.5. The van der Waals surface area contributed by atoms with Crippen molar-refractivity contribution in [1.29, 1.82) is 0 Å². The van der Waals surface area contributed by atoms with Gasteiger partial charge in [0.1, 0.15) is 17.2 Å². The van der Waals surface area contributed by atoms with Gasteiger partial charge in [0.25, 0.3) is 0 Å². The van der Waals surface area contributed by atoms with Gasteiger partial charge < -0.3 is 30.0 Å². The first kappa shape index (κ1) is 23.2. The van der Waals surface area contributed by atoms with Gasteiger partial charge >= 0.3 is 7.82 Å². The Labute approximate surface area is 151 Å². The molecular formula is C18H21O7P. The maximum atomic E-state index is 8.88. The Morgan fingerprint density at radius 1 is 0.462 bits per heavy atom. The molecule has 0 aliphatic carbocycles. The van der Waals surface area contributed by atoms with Gasteiger partial charge in [-0.15, -0.1) is 0 Å². The summed E-state index contributed by atoms with van der Waals surface area (Å²) < 4.78 is 8.88. The maximum Gasteiger partial charge on any atom is 0.466 e. The van der Waals surface area contributed by atoms with E-state index < -0.39 is 7.82 Å². The number of rotatable bonds is 0. The minimum absolute atomic E-state index is 0.322. The van der Waals surface area contributed by atoms with Crippen LogP contribution in [0, 0.1) is 0 Å². The molecule has 0 saturated heterocycles. The van der Waals surface area contributed by atoms with Gasteiger partial charge in [-0.25, -0.2) is 4.57 Å². The summed E-state index contributed by atoms with van der Waals surface area (Å²) in [5, 5.41) is 25.9. The molecule has 8 heteroatoms. The van der Waals surface area contributed by atoms with Crippen molar-refractivity contribution in [3.8, 4) is 17.2 Å². The summed E-state index contributed by atoms with van der Waals surface area (Å²) in [5.41, 5.74) is 0. The van der Waals surface area contributed by atoms with Crippen molar-refractivity contribution >= 4 is 7.82 Å². The highest BCUT2D eigenvalue weighted by molar-refractivity contribution is 7.45. The van der Waals surface area contributed by atoms with Crippen LogP contribution in [0.15, 0.2) is 91.0 Å². The van der Waals surface area contributed by atoms with Crippen LogP contribution in [0.1, 0.15) is 0 Å². The van der Waals surface area contributed by atoms with Gasteiger partial charge in [-0.3, -0.25) is 0 Å². The average molecular weight is 380 g/mol. The molecule has 0 aromatic heterocycles. The summed E-state index contributed by atoms with van der Waals surface area (Å²) in [6.07, 6.45) is 0. The van der Waals surface area contributed by atoms with Crippen molar-refractivity contribution in [1.82, 2.24) is 0 Å². The van der Waals surface area contributed by atoms with Crippen molar-refractivity contribution in [2.45, 2.75) is 0 Å². The molecule has 0 aliphatic rings. The van der Waals surface area contributed by atoms with Crippen LogP contribution in [-0.2, 0) is 4.57 Å². The van der Waals surface area contributed by atoms with E-state index in [2.05, 4.69) is 0 Å². The van der Waals surface area contributed by atoms with Crippen LogP contribution in [0.3, 0.4) is 0 Å². The molecule has 0 amide bonds. The zero-order valence-electron chi connectivity index (χ0n) is 13.7. The lowest BCUT2D eigenvalue weighted by Crippen LogP contribution is -1.66. The van der Waals surface area contributed by atoms with Gasteiger partial charge in [0, 0.05) is 0 Å². The fraction of sp³-hybridized carbons (Fsp3) is 0. The number of hydrogen-bond acceptors (Lipinski definition) is 4. The molecule has 0 spiro atoms. The van der Waals surface area contributed by atoms with Crippen LogP contribution >= 0.6 is 7.82 Å². The monoisotopic (exact) mass is 380 g/mol. The van der Waals surface area contributed by atoms with E-state index in [0.717, 1.165) is 0 Å². The SMILES string of the molecule is O=P(O)(O)O.Oc1ccccc1.Oc1ccccc1.Oc1ccccc1. The van der Waals surface area contributed by atoms with Crippen LogP contribution in [0.2, 0.25) is 0 Å². The predicted molar refractivity (Wildman–Crippen MR) is 98.6 cm³/mol. The van der Waals surface area contributed by atoms with E-state index in [4.69, 9.17) is 34.6 Å². The summed E-state index contributed by atoms with van der Waals surface area (Å²) in [5.74, 6) is 0.965. The number of para-hydroxylation sites is 3. The fourth-order valence-corrected chi connectivity index (χ4v) is 1.28. The largest absolute Gasteiger partial charge is 0.508 e. The van der Waals surface area contributed by atoms with Gasteiger partial charge in [-0.1, -0.05) is 54.6 Å². The molecule has 0 unspecified atom stereocenters. The van der Waals surface area contributed by atoms with Gasteiger partial charge in [0.2, 0.25) is 0 Å². The Morgan fingerprint density at radius 3 is 0.692 bits per heavy atom. The molecule has 3 rings (SSSR count). The summed E-state index contributed by atoms with van der Waals surface area (Å²) >= 11 is 0. The number of aromatic hydroxyl groups is 3. The lowest BCUT2D eigenvalue weighted by atomic mass is 10.3. The third-order valence-corrected chi connectivity index (χ3v) is 2.27. The second-order valence-corrected chi connectivity index (χ2v) is 5.55. The van der Waals surface area contributed by atoms with Crippen molar-refractivity contribution in [3.63, 3.8) is 0 Å². The van der Waals surface area contributed by atoms with Gasteiger partial charge in [-0.05, 0) is 36.4 Å². The van der Waals surface area contributed by atoms with Crippen molar-refractivity contribution in [3.05, 3.63) is 91.0 Å². The molecule has 0 aliphatic heterocycles. The average Bonchev–Trinajstić information content (AvgIpc) is 2.57. The van der Waals surface area contributed by atoms with Crippen LogP contribution < -0.4 is 0 Å². The standard InChI is InChI=1S/3C6H6O.H3O4P/c3*7-6-4-2-1-3-5-6;1-5(2,3)4/h3*1-5,7H;(H3,1,2,3,4). The van der Waals surface area contributed by atoms with Crippen LogP contribution in [0.4, 0.5) is 0 Å². The Bertz CT molecular complexity index is 634. The highest BCUT2D eigenvalue weighted by atomic mass is 31.2. The molecule has 0 saturated carbocycles. The van der Waals surface area contributed by atoms with Crippen molar-refractivity contribution in [2.75, 3.05) is 0 Å². The summed E-state index contributed by atoms with van der Waals surface area (Å²) in [6, 6.07) is 26.1. The molecule has 140 valence electrons. The number of phosphoric acid groups is 1. The third kappa shape index (κ3) is 19.2. The summed E-state index contributed by atoms with van der Waals surface area (Å²) in [7, 11) is -4.64. The maximum absolute atomic E-state index is 8.88. The Kier molecular flexibility index (Phi) is 12.0. The molecule has 6 N–H and O–H groups in total.